The van der Waals surface area contributed by atoms with Crippen molar-refractivity contribution in [2.45, 2.75) is 25.7 Å². The summed E-state index contributed by atoms with van der Waals surface area (Å²) in [7, 11) is 0. The Morgan fingerprint density at radius 1 is 1.31 bits per heavy atom. The van der Waals surface area contributed by atoms with Gasteiger partial charge in [-0.05, 0) is 43.5 Å². The van der Waals surface area contributed by atoms with Gasteiger partial charge in [0.25, 0.3) is 5.91 Å². The van der Waals surface area contributed by atoms with Crippen LogP contribution < -0.4 is 10.9 Å². The number of carbonyl (C=O) groups excluding carboxylic acids is 1. The maximum absolute atomic E-state index is 12.6. The monoisotopic (exact) mass is 354 g/mol. The number of pyridine rings is 1. The van der Waals surface area contributed by atoms with Gasteiger partial charge in [-0.3, -0.25) is 4.79 Å². The molecule has 1 fully saturated rings. The predicted octanol–water partition coefficient (Wildman–Crippen LogP) is 2.14. The van der Waals surface area contributed by atoms with Crippen molar-refractivity contribution in [1.82, 2.24) is 14.6 Å². The number of anilines is 1. The fourth-order valence-corrected chi connectivity index (χ4v) is 3.17. The predicted molar refractivity (Wildman–Crippen MR) is 93.4 cm³/mol. The molecule has 0 atom stereocenters. The first-order chi connectivity index (χ1) is 12.6. The van der Waals surface area contributed by atoms with Crippen molar-refractivity contribution in [2.24, 2.45) is 0 Å². The van der Waals surface area contributed by atoms with Gasteiger partial charge in [0.1, 0.15) is 17.7 Å². The standard InChI is InChI=1S/C18H18N4O4/c1-11-8-14(12-4-6-25-7-5-12)26-18(24)16(11)17(23)21-13-2-3-15-19-10-20-22(15)9-13/h2-3,8-10,12H,4-7H2,1H3,(H,21,23). The number of rotatable bonds is 3. The Labute approximate surface area is 148 Å². The summed E-state index contributed by atoms with van der Waals surface area (Å²) in [6, 6.07) is 5.22. The van der Waals surface area contributed by atoms with Crippen molar-refractivity contribution in [3.63, 3.8) is 0 Å². The number of carbonyl (C=O) groups is 1. The van der Waals surface area contributed by atoms with Gasteiger partial charge in [0, 0.05) is 19.1 Å². The molecule has 1 N–H and O–H groups in total. The molecule has 0 aliphatic carbocycles. The lowest BCUT2D eigenvalue weighted by Crippen LogP contribution is -2.24. The molecule has 1 saturated heterocycles. The Hall–Kier alpha value is -3.00. The average molecular weight is 354 g/mol. The van der Waals surface area contributed by atoms with E-state index in [4.69, 9.17) is 9.15 Å². The Balaban J connectivity index is 1.59. The summed E-state index contributed by atoms with van der Waals surface area (Å²) in [6.07, 6.45) is 4.68. The van der Waals surface area contributed by atoms with Gasteiger partial charge >= 0.3 is 5.63 Å². The summed E-state index contributed by atoms with van der Waals surface area (Å²) in [4.78, 5) is 29.0. The van der Waals surface area contributed by atoms with Crippen LogP contribution in [0.25, 0.3) is 5.65 Å². The van der Waals surface area contributed by atoms with Crippen LogP contribution >= 0.6 is 0 Å². The van der Waals surface area contributed by atoms with E-state index in [0.717, 1.165) is 12.8 Å². The van der Waals surface area contributed by atoms with Gasteiger partial charge in [-0.2, -0.15) is 5.10 Å². The smallest absolute Gasteiger partial charge is 0.349 e. The van der Waals surface area contributed by atoms with E-state index in [2.05, 4.69) is 15.4 Å². The highest BCUT2D eigenvalue weighted by molar-refractivity contribution is 6.04. The normalized spacial score (nSPS) is 15.3. The topological polar surface area (TPSA) is 98.7 Å². The summed E-state index contributed by atoms with van der Waals surface area (Å²) in [6.45, 7) is 3.05. The number of aryl methyl sites for hydroxylation is 1. The molecule has 0 aromatic carbocycles. The lowest BCUT2D eigenvalue weighted by Gasteiger charge is -2.21. The van der Waals surface area contributed by atoms with Crippen molar-refractivity contribution in [2.75, 3.05) is 18.5 Å². The van der Waals surface area contributed by atoms with Gasteiger partial charge in [-0.25, -0.2) is 14.3 Å². The van der Waals surface area contributed by atoms with Crippen molar-refractivity contribution in [1.29, 1.82) is 0 Å². The average Bonchev–Trinajstić information content (AvgIpc) is 3.09. The Morgan fingerprint density at radius 2 is 2.12 bits per heavy atom. The third-order valence-corrected chi connectivity index (χ3v) is 4.55. The molecule has 0 unspecified atom stereocenters. The summed E-state index contributed by atoms with van der Waals surface area (Å²) >= 11 is 0. The van der Waals surface area contributed by atoms with Gasteiger partial charge in [0.05, 0.1) is 11.9 Å². The van der Waals surface area contributed by atoms with Crippen LogP contribution in [0.15, 0.2) is 39.9 Å². The van der Waals surface area contributed by atoms with Crippen LogP contribution in [0.1, 0.15) is 40.4 Å². The molecular weight excluding hydrogens is 336 g/mol. The van der Waals surface area contributed by atoms with Crippen molar-refractivity contribution < 1.29 is 13.9 Å². The molecule has 0 radical (unpaired) electrons. The quantitative estimate of drug-likeness (QED) is 0.774. The van der Waals surface area contributed by atoms with Crippen molar-refractivity contribution >= 4 is 17.2 Å². The number of fused-ring (bicyclic) bond motifs is 1. The molecule has 1 aliphatic rings. The summed E-state index contributed by atoms with van der Waals surface area (Å²) in [5, 5.41) is 6.73. The Bertz CT molecular complexity index is 1020. The molecule has 4 heterocycles. The van der Waals surface area contributed by atoms with Crippen LogP contribution in [0.3, 0.4) is 0 Å². The zero-order chi connectivity index (χ0) is 18.1. The summed E-state index contributed by atoms with van der Waals surface area (Å²) in [5.74, 6) is 0.271. The highest BCUT2D eigenvalue weighted by Gasteiger charge is 2.23. The number of amides is 1. The van der Waals surface area contributed by atoms with Crippen LogP contribution in [0.5, 0.6) is 0 Å². The zero-order valence-corrected chi connectivity index (χ0v) is 14.3. The van der Waals surface area contributed by atoms with Crippen molar-refractivity contribution in [3.8, 4) is 0 Å². The maximum atomic E-state index is 12.6. The summed E-state index contributed by atoms with van der Waals surface area (Å²) < 4.78 is 12.3. The number of aromatic nitrogens is 3. The second kappa shape index (κ2) is 6.72. The fraction of sp³-hybridized carbons (Fsp3) is 0.333. The van der Waals surface area contributed by atoms with E-state index in [0.29, 0.717) is 35.9 Å². The molecule has 0 saturated carbocycles. The highest BCUT2D eigenvalue weighted by atomic mass is 16.5. The molecule has 134 valence electrons. The number of hydrogen-bond donors (Lipinski definition) is 1. The Morgan fingerprint density at radius 3 is 2.88 bits per heavy atom. The molecule has 0 spiro atoms. The molecular formula is C18H18N4O4. The molecule has 1 amide bonds. The van der Waals surface area contributed by atoms with Crippen LogP contribution in [-0.2, 0) is 4.74 Å². The lowest BCUT2D eigenvalue weighted by atomic mass is 9.95. The van der Waals surface area contributed by atoms with E-state index in [1.165, 1.54) is 6.33 Å². The van der Waals surface area contributed by atoms with Gasteiger partial charge in [-0.15, -0.1) is 0 Å². The van der Waals surface area contributed by atoms with E-state index in [-0.39, 0.29) is 11.5 Å². The summed E-state index contributed by atoms with van der Waals surface area (Å²) in [5.41, 5.74) is 1.17. The number of hydrogen-bond acceptors (Lipinski definition) is 6. The number of nitrogens with zero attached hydrogens (tertiary/aromatic N) is 3. The highest BCUT2D eigenvalue weighted by Crippen LogP contribution is 2.27. The molecule has 8 heteroatoms. The minimum Gasteiger partial charge on any atom is -0.427 e. The minimum absolute atomic E-state index is 0.0134. The third-order valence-electron chi connectivity index (χ3n) is 4.55. The van der Waals surface area contributed by atoms with Gasteiger partial charge in [-0.1, -0.05) is 0 Å². The van der Waals surface area contributed by atoms with Crippen LogP contribution in [-0.4, -0.2) is 33.7 Å². The first kappa shape index (κ1) is 16.5. The molecule has 26 heavy (non-hydrogen) atoms. The van der Waals surface area contributed by atoms with Crippen LogP contribution in [0, 0.1) is 6.92 Å². The molecule has 1 aliphatic heterocycles. The molecule has 0 bridgehead atoms. The van der Waals surface area contributed by atoms with Gasteiger partial charge in [0.15, 0.2) is 5.65 Å². The third kappa shape index (κ3) is 3.11. The number of nitrogens with one attached hydrogen (secondary N) is 1. The van der Waals surface area contributed by atoms with Crippen LogP contribution in [0.2, 0.25) is 0 Å². The molecule has 3 aromatic rings. The van der Waals surface area contributed by atoms with Crippen molar-refractivity contribution in [3.05, 3.63) is 58.0 Å². The van der Waals surface area contributed by atoms with E-state index in [9.17, 15) is 9.59 Å². The lowest BCUT2D eigenvalue weighted by molar-refractivity contribution is 0.0796. The number of ether oxygens (including phenoxy) is 1. The van der Waals surface area contributed by atoms with Crippen LogP contribution in [0.4, 0.5) is 5.69 Å². The SMILES string of the molecule is Cc1cc(C2CCOCC2)oc(=O)c1C(=O)Nc1ccc2ncnn2c1. The second-order valence-corrected chi connectivity index (χ2v) is 6.32. The molecule has 4 rings (SSSR count). The second-order valence-electron chi connectivity index (χ2n) is 6.32. The molecule has 3 aromatic heterocycles. The largest absolute Gasteiger partial charge is 0.427 e. The molecule has 8 nitrogen and oxygen atoms in total. The van der Waals surface area contributed by atoms with E-state index >= 15 is 0 Å². The fourth-order valence-electron chi connectivity index (χ4n) is 3.17. The van der Waals surface area contributed by atoms with E-state index in [1.807, 2.05) is 0 Å². The van der Waals surface area contributed by atoms with Gasteiger partial charge in [0.2, 0.25) is 0 Å². The van der Waals surface area contributed by atoms with Gasteiger partial charge < -0.3 is 14.5 Å². The first-order valence-electron chi connectivity index (χ1n) is 8.45. The van der Waals surface area contributed by atoms with E-state index < -0.39 is 11.5 Å². The maximum Gasteiger partial charge on any atom is 0.349 e. The Kier molecular flexibility index (Phi) is 4.26. The van der Waals surface area contributed by atoms with E-state index in [1.54, 1.807) is 35.8 Å². The minimum atomic E-state index is -0.620. The zero-order valence-electron chi connectivity index (χ0n) is 14.3. The first-order valence-corrected chi connectivity index (χ1v) is 8.45.